The molecule has 3 rings (SSSR count). The summed E-state index contributed by atoms with van der Waals surface area (Å²) in [5.74, 6) is 3.10. The van der Waals surface area contributed by atoms with Crippen molar-refractivity contribution in [2.75, 3.05) is 0 Å². The van der Waals surface area contributed by atoms with E-state index in [-0.39, 0.29) is 5.75 Å². The fourth-order valence-corrected chi connectivity index (χ4v) is 5.41. The number of ether oxygens (including phenoxy) is 1. The molecule has 2 saturated carbocycles. The first-order valence-corrected chi connectivity index (χ1v) is 10.8. The molecule has 27 heavy (non-hydrogen) atoms. The van der Waals surface area contributed by atoms with Crippen molar-refractivity contribution in [1.82, 2.24) is 0 Å². The Balaban J connectivity index is 1.53. The van der Waals surface area contributed by atoms with E-state index in [0.29, 0.717) is 10.9 Å². The maximum atomic E-state index is 12.7. The minimum absolute atomic E-state index is 0.253. The van der Waals surface area contributed by atoms with Gasteiger partial charge >= 0.3 is 6.61 Å². The van der Waals surface area contributed by atoms with Crippen LogP contribution in [0.3, 0.4) is 0 Å². The molecule has 4 heteroatoms. The summed E-state index contributed by atoms with van der Waals surface area (Å²) in [6.45, 7) is 1.02. The number of alkyl halides is 2. The van der Waals surface area contributed by atoms with Gasteiger partial charge in [0, 0.05) is 5.02 Å². The second kappa shape index (κ2) is 9.91. The van der Waals surface area contributed by atoms with E-state index < -0.39 is 6.61 Å². The lowest BCUT2D eigenvalue weighted by Gasteiger charge is -2.38. The molecule has 0 radical (unpaired) electrons. The Hall–Kier alpha value is -1.09. The first kappa shape index (κ1) is 20.6. The van der Waals surface area contributed by atoms with Crippen LogP contribution in [0.15, 0.2) is 30.9 Å². The van der Waals surface area contributed by atoms with Crippen molar-refractivity contribution >= 4 is 11.6 Å². The number of allylic oxidation sites excluding steroid dienone is 1. The van der Waals surface area contributed by atoms with Gasteiger partial charge in [-0.3, -0.25) is 0 Å². The summed E-state index contributed by atoms with van der Waals surface area (Å²) < 4.78 is 30.2. The van der Waals surface area contributed by atoms with E-state index >= 15 is 0 Å². The van der Waals surface area contributed by atoms with Gasteiger partial charge in [-0.15, -0.1) is 6.58 Å². The zero-order valence-corrected chi connectivity index (χ0v) is 16.8. The lowest BCUT2D eigenvalue weighted by atomic mass is 9.68. The van der Waals surface area contributed by atoms with Crippen molar-refractivity contribution < 1.29 is 13.5 Å². The van der Waals surface area contributed by atoms with Crippen molar-refractivity contribution in [3.8, 4) is 5.75 Å². The summed E-state index contributed by atoms with van der Waals surface area (Å²) in [7, 11) is 0. The fourth-order valence-electron chi connectivity index (χ4n) is 5.25. The van der Waals surface area contributed by atoms with Crippen LogP contribution in [0, 0.1) is 17.8 Å². The fraction of sp³-hybridized carbons (Fsp3) is 0.652. The van der Waals surface area contributed by atoms with Crippen LogP contribution in [0.25, 0.3) is 0 Å². The molecule has 2 fully saturated rings. The van der Waals surface area contributed by atoms with Gasteiger partial charge in [0.2, 0.25) is 0 Å². The molecular formula is C23H31ClF2O. The number of halogens is 3. The van der Waals surface area contributed by atoms with Gasteiger partial charge in [0.05, 0.1) is 0 Å². The van der Waals surface area contributed by atoms with Gasteiger partial charge in [-0.1, -0.05) is 36.6 Å². The molecule has 0 bridgehead atoms. The van der Waals surface area contributed by atoms with Crippen LogP contribution < -0.4 is 4.74 Å². The lowest BCUT2D eigenvalue weighted by Crippen LogP contribution is -2.25. The molecule has 0 amide bonds. The first-order chi connectivity index (χ1) is 13.1. The van der Waals surface area contributed by atoms with Gasteiger partial charge < -0.3 is 4.74 Å². The predicted octanol–water partition coefficient (Wildman–Crippen LogP) is 7.99. The van der Waals surface area contributed by atoms with Crippen LogP contribution in [0.4, 0.5) is 8.78 Å². The van der Waals surface area contributed by atoms with Crippen molar-refractivity contribution in [3.63, 3.8) is 0 Å². The summed E-state index contributed by atoms with van der Waals surface area (Å²) in [6.07, 6.45) is 14.4. The average molecular weight is 397 g/mol. The van der Waals surface area contributed by atoms with E-state index in [4.69, 9.17) is 16.3 Å². The summed E-state index contributed by atoms with van der Waals surface area (Å²) in [5.41, 5.74) is 0.895. The topological polar surface area (TPSA) is 9.23 Å². The van der Waals surface area contributed by atoms with Gasteiger partial charge in [-0.25, -0.2) is 0 Å². The number of hydrogen-bond donors (Lipinski definition) is 0. The summed E-state index contributed by atoms with van der Waals surface area (Å²) in [5, 5.41) is 0.441. The highest BCUT2D eigenvalue weighted by molar-refractivity contribution is 6.30. The third-order valence-electron chi connectivity index (χ3n) is 6.74. The number of hydrogen-bond acceptors (Lipinski definition) is 1. The Morgan fingerprint density at radius 1 is 1.04 bits per heavy atom. The monoisotopic (exact) mass is 396 g/mol. The van der Waals surface area contributed by atoms with Crippen LogP contribution in [-0.4, -0.2) is 6.61 Å². The zero-order valence-electron chi connectivity index (χ0n) is 16.0. The van der Waals surface area contributed by atoms with E-state index in [1.807, 2.05) is 12.1 Å². The largest absolute Gasteiger partial charge is 0.434 e. The summed E-state index contributed by atoms with van der Waals surface area (Å²) in [4.78, 5) is 0. The Kier molecular flexibility index (Phi) is 7.57. The number of benzene rings is 1. The molecule has 0 N–H and O–H groups in total. The molecule has 0 aromatic heterocycles. The van der Waals surface area contributed by atoms with E-state index in [2.05, 4.69) is 6.58 Å². The Morgan fingerprint density at radius 3 is 2.26 bits per heavy atom. The number of rotatable bonds is 7. The van der Waals surface area contributed by atoms with Crippen LogP contribution >= 0.6 is 11.6 Å². The average Bonchev–Trinajstić information content (AvgIpc) is 2.67. The van der Waals surface area contributed by atoms with Gasteiger partial charge in [0.1, 0.15) is 5.75 Å². The molecule has 2 aliphatic rings. The molecular weight excluding hydrogens is 366 g/mol. The second-order valence-corrected chi connectivity index (χ2v) is 8.76. The molecule has 150 valence electrons. The molecule has 0 heterocycles. The molecule has 1 nitrogen and oxygen atoms in total. The molecule has 1 aromatic carbocycles. The molecule has 1 aromatic rings. The van der Waals surface area contributed by atoms with Gasteiger partial charge in [-0.05, 0) is 92.7 Å². The standard InChI is InChI=1S/C23H31ClF2O/c1-2-3-4-16-5-7-17(8-6-16)18-9-11-19(12-10-18)21-14-13-20(24)15-22(21)27-23(25)26/h2,13-19,23H,1,3-12H2. The first-order valence-electron chi connectivity index (χ1n) is 10.4. The smallest absolute Gasteiger partial charge is 0.387 e. The van der Waals surface area contributed by atoms with Crippen LogP contribution in [0.2, 0.25) is 5.02 Å². The van der Waals surface area contributed by atoms with Crippen LogP contribution in [0.1, 0.15) is 75.7 Å². The Morgan fingerprint density at radius 2 is 1.67 bits per heavy atom. The van der Waals surface area contributed by atoms with Crippen LogP contribution in [-0.2, 0) is 0 Å². The predicted molar refractivity (Wildman–Crippen MR) is 108 cm³/mol. The molecule has 0 spiro atoms. The van der Waals surface area contributed by atoms with Crippen molar-refractivity contribution in [2.45, 2.75) is 76.7 Å². The quantitative estimate of drug-likeness (QED) is 0.424. The van der Waals surface area contributed by atoms with E-state index in [9.17, 15) is 8.78 Å². The zero-order chi connectivity index (χ0) is 19.2. The SMILES string of the molecule is C=CCCC1CCC(C2CCC(c3ccc(Cl)cc3OC(F)F)CC2)CC1. The third kappa shape index (κ3) is 5.70. The molecule has 2 aliphatic carbocycles. The highest BCUT2D eigenvalue weighted by atomic mass is 35.5. The van der Waals surface area contributed by atoms with Crippen molar-refractivity contribution in [1.29, 1.82) is 0 Å². The van der Waals surface area contributed by atoms with Gasteiger partial charge in [0.25, 0.3) is 0 Å². The van der Waals surface area contributed by atoms with Gasteiger partial charge in [0.15, 0.2) is 0 Å². The normalized spacial score (nSPS) is 28.9. The van der Waals surface area contributed by atoms with E-state index in [1.165, 1.54) is 51.0 Å². The van der Waals surface area contributed by atoms with E-state index in [1.54, 1.807) is 6.07 Å². The van der Waals surface area contributed by atoms with Crippen molar-refractivity contribution in [3.05, 3.63) is 41.4 Å². The van der Waals surface area contributed by atoms with Crippen LogP contribution in [0.5, 0.6) is 5.75 Å². The Bertz CT molecular complexity index is 602. The Labute approximate surface area is 167 Å². The van der Waals surface area contributed by atoms with E-state index in [0.717, 1.165) is 42.6 Å². The maximum absolute atomic E-state index is 12.7. The van der Waals surface area contributed by atoms with Gasteiger partial charge in [-0.2, -0.15) is 8.78 Å². The molecule has 0 unspecified atom stereocenters. The summed E-state index contributed by atoms with van der Waals surface area (Å²) in [6, 6.07) is 5.18. The highest BCUT2D eigenvalue weighted by Gasteiger charge is 2.32. The molecule has 0 aliphatic heterocycles. The maximum Gasteiger partial charge on any atom is 0.387 e. The third-order valence-corrected chi connectivity index (χ3v) is 6.98. The highest BCUT2D eigenvalue weighted by Crippen LogP contribution is 2.46. The lowest BCUT2D eigenvalue weighted by molar-refractivity contribution is -0.0507. The van der Waals surface area contributed by atoms with Crippen molar-refractivity contribution in [2.24, 2.45) is 17.8 Å². The summed E-state index contributed by atoms with van der Waals surface area (Å²) >= 11 is 5.98. The minimum atomic E-state index is -2.81. The minimum Gasteiger partial charge on any atom is -0.434 e. The molecule has 0 atom stereocenters. The molecule has 0 saturated heterocycles. The second-order valence-electron chi connectivity index (χ2n) is 8.32.